The zero-order chi connectivity index (χ0) is 13.3. The Hall–Kier alpha value is -1.96. The fraction of sp³-hybridized carbons (Fsp3) is 0.294. The SMILES string of the molecule is [O]c1ccc(OCCCCCc2ccccc2)cc1. The Morgan fingerprint density at radius 1 is 0.789 bits per heavy atom. The monoisotopic (exact) mass is 255 g/mol. The number of ether oxygens (including phenoxy) is 1. The number of unbranched alkanes of at least 4 members (excludes halogenated alkanes) is 2. The van der Waals surface area contributed by atoms with Gasteiger partial charge in [-0.2, -0.15) is 0 Å². The summed E-state index contributed by atoms with van der Waals surface area (Å²) in [5, 5.41) is 10.9. The van der Waals surface area contributed by atoms with E-state index in [1.807, 2.05) is 6.07 Å². The van der Waals surface area contributed by atoms with E-state index >= 15 is 0 Å². The first-order valence-corrected chi connectivity index (χ1v) is 6.78. The van der Waals surface area contributed by atoms with Crippen LogP contribution in [-0.4, -0.2) is 6.61 Å². The van der Waals surface area contributed by atoms with Gasteiger partial charge in [-0.3, -0.25) is 5.11 Å². The lowest BCUT2D eigenvalue weighted by molar-refractivity contribution is 0.303. The first kappa shape index (κ1) is 13.5. The van der Waals surface area contributed by atoms with Crippen molar-refractivity contribution >= 4 is 0 Å². The van der Waals surface area contributed by atoms with E-state index in [9.17, 15) is 5.11 Å². The van der Waals surface area contributed by atoms with Crippen LogP contribution in [0.25, 0.3) is 0 Å². The molecule has 2 aromatic rings. The van der Waals surface area contributed by atoms with Gasteiger partial charge in [0.05, 0.1) is 6.61 Å². The van der Waals surface area contributed by atoms with Gasteiger partial charge in [-0.25, -0.2) is 0 Å². The molecule has 2 rings (SSSR count). The van der Waals surface area contributed by atoms with Crippen LogP contribution >= 0.6 is 0 Å². The molecule has 0 unspecified atom stereocenters. The Bertz CT molecular complexity index is 462. The van der Waals surface area contributed by atoms with Crippen molar-refractivity contribution in [2.45, 2.75) is 25.7 Å². The van der Waals surface area contributed by atoms with Crippen molar-refractivity contribution < 1.29 is 9.84 Å². The highest BCUT2D eigenvalue weighted by molar-refractivity contribution is 5.29. The fourth-order valence-corrected chi connectivity index (χ4v) is 1.98. The predicted octanol–water partition coefficient (Wildman–Crippen LogP) is 4.62. The highest BCUT2D eigenvalue weighted by Crippen LogP contribution is 2.16. The van der Waals surface area contributed by atoms with Gasteiger partial charge in [0, 0.05) is 0 Å². The molecule has 0 heterocycles. The van der Waals surface area contributed by atoms with Gasteiger partial charge in [-0.05, 0) is 55.5 Å². The Kier molecular flexibility index (Phi) is 5.30. The Morgan fingerprint density at radius 2 is 1.53 bits per heavy atom. The third-order valence-electron chi connectivity index (χ3n) is 3.05. The molecule has 2 heteroatoms. The van der Waals surface area contributed by atoms with Crippen molar-refractivity contribution in [3.05, 3.63) is 60.2 Å². The van der Waals surface area contributed by atoms with Gasteiger partial charge in [0.2, 0.25) is 0 Å². The molecule has 0 aromatic heterocycles. The van der Waals surface area contributed by atoms with Gasteiger partial charge >= 0.3 is 0 Å². The summed E-state index contributed by atoms with van der Waals surface area (Å²) in [4.78, 5) is 0. The third kappa shape index (κ3) is 5.04. The molecule has 19 heavy (non-hydrogen) atoms. The van der Waals surface area contributed by atoms with Crippen LogP contribution in [0.3, 0.4) is 0 Å². The third-order valence-corrected chi connectivity index (χ3v) is 3.05. The van der Waals surface area contributed by atoms with Crippen molar-refractivity contribution in [3.8, 4) is 11.5 Å². The molecule has 0 atom stereocenters. The lowest BCUT2D eigenvalue weighted by atomic mass is 10.1. The molecule has 0 N–H and O–H groups in total. The van der Waals surface area contributed by atoms with E-state index < -0.39 is 0 Å². The molecule has 0 saturated heterocycles. The number of aryl methyl sites for hydroxylation is 1. The highest BCUT2D eigenvalue weighted by Gasteiger charge is 1.96. The minimum atomic E-state index is 0.0233. The van der Waals surface area contributed by atoms with Crippen molar-refractivity contribution in [1.29, 1.82) is 0 Å². The largest absolute Gasteiger partial charge is 0.494 e. The average Bonchev–Trinajstić information content (AvgIpc) is 2.46. The molecule has 0 saturated carbocycles. The summed E-state index contributed by atoms with van der Waals surface area (Å²) >= 11 is 0. The Morgan fingerprint density at radius 3 is 2.26 bits per heavy atom. The maximum absolute atomic E-state index is 10.9. The summed E-state index contributed by atoms with van der Waals surface area (Å²) in [6, 6.07) is 17.1. The van der Waals surface area contributed by atoms with Gasteiger partial charge in [0.1, 0.15) is 5.75 Å². The molecule has 2 nitrogen and oxygen atoms in total. The van der Waals surface area contributed by atoms with Gasteiger partial charge in [0.15, 0.2) is 5.75 Å². The second-order valence-electron chi connectivity index (χ2n) is 4.62. The summed E-state index contributed by atoms with van der Waals surface area (Å²) < 4.78 is 5.57. The normalized spacial score (nSPS) is 10.3. The Labute approximate surface area is 114 Å². The number of benzene rings is 2. The van der Waals surface area contributed by atoms with E-state index in [2.05, 4.69) is 24.3 Å². The van der Waals surface area contributed by atoms with E-state index in [-0.39, 0.29) is 5.75 Å². The molecule has 0 aliphatic heterocycles. The highest BCUT2D eigenvalue weighted by atomic mass is 16.5. The van der Waals surface area contributed by atoms with E-state index in [0.717, 1.165) is 25.0 Å². The Balaban J connectivity index is 1.56. The van der Waals surface area contributed by atoms with Gasteiger partial charge in [-0.15, -0.1) is 0 Å². The van der Waals surface area contributed by atoms with Crippen LogP contribution in [0.5, 0.6) is 11.5 Å². The predicted molar refractivity (Wildman–Crippen MR) is 76.1 cm³/mol. The summed E-state index contributed by atoms with van der Waals surface area (Å²) in [5.74, 6) is 0.804. The molecule has 1 radical (unpaired) electrons. The standard InChI is InChI=1S/C17H19O2/c18-16-10-12-17(13-11-16)19-14-6-2-5-9-15-7-3-1-4-8-15/h1,3-4,7-8,10-13H,2,5-6,9,14H2. The fourth-order valence-electron chi connectivity index (χ4n) is 1.98. The lowest BCUT2D eigenvalue weighted by Gasteiger charge is -2.06. The van der Waals surface area contributed by atoms with Gasteiger partial charge in [-0.1, -0.05) is 30.3 Å². The minimum Gasteiger partial charge on any atom is -0.494 e. The smallest absolute Gasteiger partial charge is 0.178 e. The summed E-state index contributed by atoms with van der Waals surface area (Å²) in [7, 11) is 0. The molecule has 0 bridgehead atoms. The van der Waals surface area contributed by atoms with Crippen molar-refractivity contribution in [1.82, 2.24) is 0 Å². The van der Waals surface area contributed by atoms with Crippen LogP contribution in [0.2, 0.25) is 0 Å². The maximum Gasteiger partial charge on any atom is 0.178 e. The van der Waals surface area contributed by atoms with E-state index in [0.29, 0.717) is 6.61 Å². The second-order valence-corrected chi connectivity index (χ2v) is 4.62. The van der Waals surface area contributed by atoms with Crippen molar-refractivity contribution in [3.63, 3.8) is 0 Å². The second kappa shape index (κ2) is 7.47. The molecule has 99 valence electrons. The van der Waals surface area contributed by atoms with Crippen LogP contribution in [0.4, 0.5) is 0 Å². The van der Waals surface area contributed by atoms with Crippen molar-refractivity contribution in [2.24, 2.45) is 0 Å². The lowest BCUT2D eigenvalue weighted by Crippen LogP contribution is -1.97. The molecule has 0 fully saturated rings. The van der Waals surface area contributed by atoms with E-state index in [1.165, 1.54) is 24.1 Å². The zero-order valence-corrected chi connectivity index (χ0v) is 11.0. The summed E-state index contributed by atoms with van der Waals surface area (Å²) in [6.07, 6.45) is 4.53. The van der Waals surface area contributed by atoms with Crippen LogP contribution < -0.4 is 4.74 Å². The van der Waals surface area contributed by atoms with E-state index in [1.54, 1.807) is 12.1 Å². The van der Waals surface area contributed by atoms with Crippen LogP contribution in [0, 0.1) is 0 Å². The first-order chi connectivity index (χ1) is 9.34. The molecule has 0 amide bonds. The quantitative estimate of drug-likeness (QED) is 0.663. The number of rotatable bonds is 7. The average molecular weight is 255 g/mol. The summed E-state index contributed by atoms with van der Waals surface area (Å²) in [6.45, 7) is 0.715. The molecule has 0 aliphatic carbocycles. The van der Waals surface area contributed by atoms with Crippen LogP contribution in [-0.2, 0) is 11.5 Å². The number of hydrogen-bond acceptors (Lipinski definition) is 1. The maximum atomic E-state index is 10.9. The molecular weight excluding hydrogens is 236 g/mol. The van der Waals surface area contributed by atoms with Crippen LogP contribution in [0.15, 0.2) is 54.6 Å². The minimum absolute atomic E-state index is 0.0233. The topological polar surface area (TPSA) is 29.1 Å². The first-order valence-electron chi connectivity index (χ1n) is 6.78. The molecule has 2 aromatic carbocycles. The van der Waals surface area contributed by atoms with Gasteiger partial charge in [0.25, 0.3) is 0 Å². The van der Waals surface area contributed by atoms with Crippen molar-refractivity contribution in [2.75, 3.05) is 6.61 Å². The molecule has 0 aliphatic rings. The number of hydrogen-bond donors (Lipinski definition) is 0. The van der Waals surface area contributed by atoms with Gasteiger partial charge < -0.3 is 4.74 Å². The van der Waals surface area contributed by atoms with Crippen LogP contribution in [0.1, 0.15) is 24.8 Å². The summed E-state index contributed by atoms with van der Waals surface area (Å²) in [5.41, 5.74) is 1.40. The zero-order valence-electron chi connectivity index (χ0n) is 11.0. The van der Waals surface area contributed by atoms with E-state index in [4.69, 9.17) is 4.74 Å². The molecule has 0 spiro atoms. The molecular formula is C17H19O2.